The van der Waals surface area contributed by atoms with Crippen molar-refractivity contribution >= 4 is 5.78 Å². The van der Waals surface area contributed by atoms with Gasteiger partial charge in [-0.1, -0.05) is 18.2 Å². The Morgan fingerprint density at radius 2 is 2.28 bits per heavy atom. The smallest absolute Gasteiger partial charge is 0.137 e. The number of carbonyl (C=O) groups excluding carboxylic acids is 1. The fourth-order valence-electron chi connectivity index (χ4n) is 2.55. The highest BCUT2D eigenvalue weighted by atomic mass is 16.5. The molecule has 18 heavy (non-hydrogen) atoms. The molecule has 1 heterocycles. The highest BCUT2D eigenvalue weighted by Gasteiger charge is 2.17. The summed E-state index contributed by atoms with van der Waals surface area (Å²) in [7, 11) is 1.65. The molecule has 0 bridgehead atoms. The van der Waals surface area contributed by atoms with E-state index in [0.717, 1.165) is 24.4 Å². The fraction of sp³-hybridized carbons (Fsp3) is 0.533. The first-order valence-electron chi connectivity index (χ1n) is 6.64. The third kappa shape index (κ3) is 3.57. The number of hydrogen-bond acceptors (Lipinski definition) is 3. The van der Waals surface area contributed by atoms with Gasteiger partial charge in [-0.3, -0.25) is 4.79 Å². The monoisotopic (exact) mass is 247 g/mol. The van der Waals surface area contributed by atoms with Gasteiger partial charge in [-0.05, 0) is 37.9 Å². The van der Waals surface area contributed by atoms with Crippen molar-refractivity contribution in [3.63, 3.8) is 0 Å². The third-order valence-corrected chi connectivity index (χ3v) is 3.50. The van der Waals surface area contributed by atoms with Gasteiger partial charge in [0.15, 0.2) is 0 Å². The van der Waals surface area contributed by atoms with Gasteiger partial charge < -0.3 is 10.1 Å². The predicted octanol–water partition coefficient (Wildman–Crippen LogP) is 2.20. The molecule has 1 atom stereocenters. The van der Waals surface area contributed by atoms with Crippen LogP contribution in [0.25, 0.3) is 0 Å². The number of hydrogen-bond donors (Lipinski definition) is 1. The van der Waals surface area contributed by atoms with Crippen LogP contribution in [0, 0.1) is 5.92 Å². The molecule has 98 valence electrons. The Balaban J connectivity index is 1.90. The van der Waals surface area contributed by atoms with E-state index < -0.39 is 0 Å². The molecule has 1 aromatic rings. The average molecular weight is 247 g/mol. The van der Waals surface area contributed by atoms with E-state index in [0.29, 0.717) is 24.5 Å². The molecule has 1 N–H and O–H groups in total. The van der Waals surface area contributed by atoms with Crippen molar-refractivity contribution in [1.29, 1.82) is 0 Å². The minimum absolute atomic E-state index is 0.313. The molecule has 3 nitrogen and oxygen atoms in total. The second-order valence-electron chi connectivity index (χ2n) is 4.94. The Hall–Kier alpha value is -1.35. The SMILES string of the molecule is COc1ccccc1CC(=O)CC1CCCNC1. The minimum Gasteiger partial charge on any atom is -0.496 e. The van der Waals surface area contributed by atoms with Crippen LogP contribution in [-0.4, -0.2) is 26.0 Å². The van der Waals surface area contributed by atoms with Crippen LogP contribution in [-0.2, 0) is 11.2 Å². The number of ketones is 1. The standard InChI is InChI=1S/C15H21NO2/c1-18-15-7-3-2-6-13(15)10-14(17)9-12-5-4-8-16-11-12/h2-3,6-7,12,16H,4-5,8-11H2,1H3. The molecule has 1 aromatic carbocycles. The van der Waals surface area contributed by atoms with Gasteiger partial charge in [-0.15, -0.1) is 0 Å². The Labute approximate surface area is 109 Å². The molecule has 0 saturated carbocycles. The van der Waals surface area contributed by atoms with Gasteiger partial charge in [0.05, 0.1) is 7.11 Å². The molecule has 0 aromatic heterocycles. The molecule has 2 rings (SSSR count). The zero-order chi connectivity index (χ0) is 12.8. The zero-order valence-corrected chi connectivity index (χ0v) is 10.9. The van der Waals surface area contributed by atoms with Gasteiger partial charge in [-0.2, -0.15) is 0 Å². The normalized spacial score (nSPS) is 19.5. The molecule has 0 radical (unpaired) electrons. The highest BCUT2D eigenvalue weighted by Crippen LogP contribution is 2.20. The third-order valence-electron chi connectivity index (χ3n) is 3.50. The molecular weight excluding hydrogens is 226 g/mol. The van der Waals surface area contributed by atoms with Crippen molar-refractivity contribution in [3.05, 3.63) is 29.8 Å². The second-order valence-corrected chi connectivity index (χ2v) is 4.94. The first-order chi connectivity index (χ1) is 8.79. The summed E-state index contributed by atoms with van der Waals surface area (Å²) in [5.74, 6) is 1.64. The largest absolute Gasteiger partial charge is 0.496 e. The van der Waals surface area contributed by atoms with E-state index in [-0.39, 0.29) is 0 Å². The lowest BCUT2D eigenvalue weighted by molar-refractivity contribution is -0.119. The molecule has 0 amide bonds. The number of nitrogens with one attached hydrogen (secondary N) is 1. The molecule has 3 heteroatoms. The van der Waals surface area contributed by atoms with Crippen LogP contribution in [0.15, 0.2) is 24.3 Å². The maximum atomic E-state index is 12.1. The topological polar surface area (TPSA) is 38.3 Å². The lowest BCUT2D eigenvalue weighted by Crippen LogP contribution is -2.31. The Kier molecular flexibility index (Phi) is 4.76. The van der Waals surface area contributed by atoms with Crippen molar-refractivity contribution in [3.8, 4) is 5.75 Å². The van der Waals surface area contributed by atoms with Crippen molar-refractivity contribution < 1.29 is 9.53 Å². The summed E-state index contributed by atoms with van der Waals surface area (Å²) in [6.07, 6.45) is 3.53. The predicted molar refractivity (Wildman–Crippen MR) is 71.9 cm³/mol. The number of para-hydroxylation sites is 1. The van der Waals surface area contributed by atoms with Crippen molar-refractivity contribution in [1.82, 2.24) is 5.32 Å². The minimum atomic E-state index is 0.313. The quantitative estimate of drug-likeness (QED) is 0.867. The second kappa shape index (κ2) is 6.55. The Bertz CT molecular complexity index is 397. The number of Topliss-reactive ketones (excluding diaryl/α,β-unsaturated/α-hetero) is 1. The van der Waals surface area contributed by atoms with E-state index in [1.54, 1.807) is 7.11 Å². The maximum absolute atomic E-state index is 12.1. The van der Waals surface area contributed by atoms with Gasteiger partial charge >= 0.3 is 0 Å². The lowest BCUT2D eigenvalue weighted by Gasteiger charge is -2.22. The van der Waals surface area contributed by atoms with Crippen LogP contribution < -0.4 is 10.1 Å². The first kappa shape index (κ1) is 13.1. The summed E-state index contributed by atoms with van der Waals surface area (Å²) in [4.78, 5) is 12.1. The molecule has 0 aliphatic carbocycles. The average Bonchev–Trinajstić information content (AvgIpc) is 2.40. The summed E-state index contributed by atoms with van der Waals surface area (Å²) in [5, 5.41) is 3.35. The van der Waals surface area contributed by atoms with Crippen molar-refractivity contribution in [2.24, 2.45) is 5.92 Å². The Morgan fingerprint density at radius 1 is 1.44 bits per heavy atom. The van der Waals surface area contributed by atoms with Gasteiger partial charge in [0.2, 0.25) is 0 Å². The first-order valence-corrected chi connectivity index (χ1v) is 6.64. The summed E-state index contributed by atoms with van der Waals surface area (Å²) in [6.45, 7) is 2.08. The molecule has 1 aliphatic heterocycles. The number of rotatable bonds is 5. The number of benzene rings is 1. The molecule has 1 saturated heterocycles. The number of ether oxygens (including phenoxy) is 1. The van der Waals surface area contributed by atoms with E-state index in [1.807, 2.05) is 24.3 Å². The van der Waals surface area contributed by atoms with Gasteiger partial charge in [0.25, 0.3) is 0 Å². The van der Waals surface area contributed by atoms with Crippen LogP contribution >= 0.6 is 0 Å². The van der Waals surface area contributed by atoms with Gasteiger partial charge in [0.1, 0.15) is 11.5 Å². The van der Waals surface area contributed by atoms with E-state index in [9.17, 15) is 4.79 Å². The molecule has 1 unspecified atom stereocenters. The van der Waals surface area contributed by atoms with E-state index in [1.165, 1.54) is 12.8 Å². The summed E-state index contributed by atoms with van der Waals surface area (Å²) in [5.41, 5.74) is 0.994. The summed E-state index contributed by atoms with van der Waals surface area (Å²) in [6, 6.07) is 7.76. The zero-order valence-electron chi connectivity index (χ0n) is 10.9. The number of piperidine rings is 1. The van der Waals surface area contributed by atoms with E-state index in [4.69, 9.17) is 4.74 Å². The van der Waals surface area contributed by atoms with Crippen LogP contribution in [0.3, 0.4) is 0 Å². The van der Waals surface area contributed by atoms with Crippen LogP contribution in [0.4, 0.5) is 0 Å². The Morgan fingerprint density at radius 3 is 3.00 bits per heavy atom. The molecular formula is C15H21NO2. The molecule has 0 spiro atoms. The molecule has 1 aliphatic rings. The summed E-state index contributed by atoms with van der Waals surface area (Å²) < 4.78 is 5.27. The highest BCUT2D eigenvalue weighted by molar-refractivity contribution is 5.81. The van der Waals surface area contributed by atoms with Gasteiger partial charge in [0, 0.05) is 18.4 Å². The molecule has 1 fully saturated rings. The fourth-order valence-corrected chi connectivity index (χ4v) is 2.55. The van der Waals surface area contributed by atoms with Crippen LogP contribution in [0.5, 0.6) is 5.75 Å². The van der Waals surface area contributed by atoms with Crippen molar-refractivity contribution in [2.45, 2.75) is 25.7 Å². The van der Waals surface area contributed by atoms with Gasteiger partial charge in [-0.25, -0.2) is 0 Å². The van der Waals surface area contributed by atoms with Crippen LogP contribution in [0.1, 0.15) is 24.8 Å². The maximum Gasteiger partial charge on any atom is 0.137 e. The van der Waals surface area contributed by atoms with Crippen LogP contribution in [0.2, 0.25) is 0 Å². The van der Waals surface area contributed by atoms with Crippen molar-refractivity contribution in [2.75, 3.05) is 20.2 Å². The van der Waals surface area contributed by atoms with E-state index >= 15 is 0 Å². The number of methoxy groups -OCH3 is 1. The van der Waals surface area contributed by atoms with E-state index in [2.05, 4.69) is 5.32 Å². The lowest BCUT2D eigenvalue weighted by atomic mass is 9.92. The number of carbonyl (C=O) groups is 1. The summed E-state index contributed by atoms with van der Waals surface area (Å²) >= 11 is 0.